The third-order valence-electron chi connectivity index (χ3n) is 3.35. The molecule has 1 aliphatic rings. The third-order valence-corrected chi connectivity index (χ3v) is 4.35. The number of nitrogens with one attached hydrogen (secondary N) is 1. The van der Waals surface area contributed by atoms with Crippen LogP contribution in [0.3, 0.4) is 0 Å². The Morgan fingerprint density at radius 1 is 1.53 bits per heavy atom. The number of rotatable bonds is 4. The van der Waals surface area contributed by atoms with Crippen molar-refractivity contribution in [3.63, 3.8) is 0 Å². The molecule has 2 heterocycles. The second-order valence-corrected chi connectivity index (χ2v) is 6.30. The second-order valence-electron chi connectivity index (χ2n) is 5.03. The summed E-state index contributed by atoms with van der Waals surface area (Å²) < 4.78 is 5.24. The van der Waals surface area contributed by atoms with Gasteiger partial charge in [0.2, 0.25) is 0 Å². The Hall–Kier alpha value is -1.62. The SMILES string of the molecule is Cc1cnc([C@H](NC(=O)c2occc2C)C2CC2)s1. The Labute approximate surface area is 115 Å². The number of carbonyl (C=O) groups excluding carboxylic acids is 1. The van der Waals surface area contributed by atoms with Gasteiger partial charge in [-0.1, -0.05) is 0 Å². The zero-order chi connectivity index (χ0) is 13.4. The zero-order valence-corrected chi connectivity index (χ0v) is 11.8. The van der Waals surface area contributed by atoms with E-state index in [1.165, 1.54) is 4.88 Å². The summed E-state index contributed by atoms with van der Waals surface area (Å²) in [6.45, 7) is 3.90. The van der Waals surface area contributed by atoms with Gasteiger partial charge in [0.1, 0.15) is 5.01 Å². The summed E-state index contributed by atoms with van der Waals surface area (Å²) in [5.41, 5.74) is 0.863. The highest BCUT2D eigenvalue weighted by Crippen LogP contribution is 2.42. The molecule has 2 aromatic rings. The van der Waals surface area contributed by atoms with Gasteiger partial charge in [0.05, 0.1) is 12.3 Å². The molecule has 1 amide bonds. The molecule has 0 aliphatic heterocycles. The highest BCUT2D eigenvalue weighted by atomic mass is 32.1. The smallest absolute Gasteiger partial charge is 0.287 e. The van der Waals surface area contributed by atoms with E-state index in [9.17, 15) is 4.79 Å². The zero-order valence-electron chi connectivity index (χ0n) is 11.0. The third kappa shape index (κ3) is 2.56. The maximum Gasteiger partial charge on any atom is 0.287 e. The molecule has 4 nitrogen and oxygen atoms in total. The molecule has 0 unspecified atom stereocenters. The predicted octanol–water partition coefficient (Wildman–Crippen LogP) is 3.23. The molecule has 100 valence electrons. The lowest BCUT2D eigenvalue weighted by Crippen LogP contribution is -2.29. The fourth-order valence-corrected chi connectivity index (χ4v) is 3.06. The molecule has 2 aromatic heterocycles. The summed E-state index contributed by atoms with van der Waals surface area (Å²) in [5, 5.41) is 4.06. The summed E-state index contributed by atoms with van der Waals surface area (Å²) in [5.74, 6) is 0.774. The van der Waals surface area contributed by atoms with E-state index in [2.05, 4.69) is 10.3 Å². The molecule has 1 N–H and O–H groups in total. The van der Waals surface area contributed by atoms with Gasteiger partial charge in [0.25, 0.3) is 5.91 Å². The molecule has 5 heteroatoms. The summed E-state index contributed by atoms with van der Waals surface area (Å²) in [7, 11) is 0. The Bertz CT molecular complexity index is 598. The van der Waals surface area contributed by atoms with Crippen molar-refractivity contribution in [2.75, 3.05) is 0 Å². The van der Waals surface area contributed by atoms with Gasteiger partial charge in [-0.05, 0) is 38.7 Å². The van der Waals surface area contributed by atoms with Crippen LogP contribution in [0.4, 0.5) is 0 Å². The normalized spacial score (nSPS) is 16.3. The fraction of sp³-hybridized carbons (Fsp3) is 0.429. The first-order chi connectivity index (χ1) is 9.15. The molecule has 0 bridgehead atoms. The minimum Gasteiger partial charge on any atom is -0.459 e. The van der Waals surface area contributed by atoms with Gasteiger partial charge in [0.15, 0.2) is 5.76 Å². The van der Waals surface area contributed by atoms with E-state index in [4.69, 9.17) is 4.42 Å². The molecule has 1 fully saturated rings. The van der Waals surface area contributed by atoms with Crippen molar-refractivity contribution in [2.24, 2.45) is 5.92 Å². The summed E-state index contributed by atoms with van der Waals surface area (Å²) in [6.07, 6.45) is 5.71. The number of carbonyl (C=O) groups is 1. The summed E-state index contributed by atoms with van der Waals surface area (Å²) >= 11 is 1.65. The largest absolute Gasteiger partial charge is 0.459 e. The molecule has 1 saturated carbocycles. The highest BCUT2D eigenvalue weighted by Gasteiger charge is 2.35. The van der Waals surface area contributed by atoms with Gasteiger partial charge in [-0.3, -0.25) is 4.79 Å². The van der Waals surface area contributed by atoms with Crippen molar-refractivity contribution in [3.05, 3.63) is 39.7 Å². The number of hydrogen-bond donors (Lipinski definition) is 1. The molecular weight excluding hydrogens is 260 g/mol. The van der Waals surface area contributed by atoms with Gasteiger partial charge in [-0.15, -0.1) is 11.3 Å². The number of aryl methyl sites for hydroxylation is 2. The maximum atomic E-state index is 12.2. The standard InChI is InChI=1S/C14H16N2O2S/c1-8-5-6-18-12(8)13(17)16-11(10-3-4-10)14-15-7-9(2)19-14/h5-7,10-11H,3-4H2,1-2H3,(H,16,17)/t11-/m1/s1. The van der Waals surface area contributed by atoms with Gasteiger partial charge in [0, 0.05) is 16.6 Å². The molecule has 0 spiro atoms. The first-order valence-corrected chi connectivity index (χ1v) is 7.24. The Morgan fingerprint density at radius 2 is 2.32 bits per heavy atom. The second kappa shape index (κ2) is 4.81. The monoisotopic (exact) mass is 276 g/mol. The van der Waals surface area contributed by atoms with E-state index < -0.39 is 0 Å². The quantitative estimate of drug-likeness (QED) is 0.932. The van der Waals surface area contributed by atoms with E-state index in [1.807, 2.05) is 20.0 Å². The van der Waals surface area contributed by atoms with Crippen molar-refractivity contribution in [1.82, 2.24) is 10.3 Å². The van der Waals surface area contributed by atoms with Crippen molar-refractivity contribution >= 4 is 17.2 Å². The topological polar surface area (TPSA) is 55.1 Å². The number of thiazole rings is 1. The van der Waals surface area contributed by atoms with Crippen molar-refractivity contribution in [2.45, 2.75) is 32.7 Å². The van der Waals surface area contributed by atoms with Crippen LogP contribution in [0.15, 0.2) is 22.9 Å². The lowest BCUT2D eigenvalue weighted by Gasteiger charge is -2.15. The van der Waals surface area contributed by atoms with Crippen LogP contribution in [0.5, 0.6) is 0 Å². The minimum absolute atomic E-state index is 0.0238. The minimum atomic E-state index is -0.146. The van der Waals surface area contributed by atoms with Gasteiger partial charge < -0.3 is 9.73 Å². The van der Waals surface area contributed by atoms with Crippen LogP contribution in [0, 0.1) is 19.8 Å². The van der Waals surface area contributed by atoms with Crippen molar-refractivity contribution in [3.8, 4) is 0 Å². The van der Waals surface area contributed by atoms with E-state index in [-0.39, 0.29) is 11.9 Å². The number of hydrogen-bond acceptors (Lipinski definition) is 4. The molecule has 0 saturated heterocycles. The van der Waals surface area contributed by atoms with E-state index in [1.54, 1.807) is 23.7 Å². The Balaban J connectivity index is 1.79. The van der Waals surface area contributed by atoms with E-state index in [0.717, 1.165) is 23.4 Å². The van der Waals surface area contributed by atoms with Crippen LogP contribution in [0.25, 0.3) is 0 Å². The Morgan fingerprint density at radius 3 is 2.84 bits per heavy atom. The molecule has 3 rings (SSSR count). The number of amides is 1. The van der Waals surface area contributed by atoms with Gasteiger partial charge >= 0.3 is 0 Å². The number of furan rings is 1. The van der Waals surface area contributed by atoms with Crippen LogP contribution < -0.4 is 5.32 Å². The van der Waals surface area contributed by atoms with Gasteiger partial charge in [-0.25, -0.2) is 4.98 Å². The molecule has 0 radical (unpaired) electrons. The van der Waals surface area contributed by atoms with Gasteiger partial charge in [-0.2, -0.15) is 0 Å². The first-order valence-electron chi connectivity index (χ1n) is 6.42. The van der Waals surface area contributed by atoms with Crippen molar-refractivity contribution in [1.29, 1.82) is 0 Å². The molecule has 19 heavy (non-hydrogen) atoms. The van der Waals surface area contributed by atoms with Crippen LogP contribution in [0.2, 0.25) is 0 Å². The van der Waals surface area contributed by atoms with E-state index >= 15 is 0 Å². The summed E-state index contributed by atoms with van der Waals surface area (Å²) in [4.78, 5) is 17.8. The van der Waals surface area contributed by atoms with Crippen LogP contribution in [-0.4, -0.2) is 10.9 Å². The average molecular weight is 276 g/mol. The molecular formula is C14H16N2O2S. The predicted molar refractivity (Wildman–Crippen MR) is 73.2 cm³/mol. The highest BCUT2D eigenvalue weighted by molar-refractivity contribution is 7.11. The molecule has 0 aromatic carbocycles. The first kappa shape index (κ1) is 12.4. The fourth-order valence-electron chi connectivity index (χ4n) is 2.14. The Kier molecular flexibility index (Phi) is 3.14. The van der Waals surface area contributed by atoms with Crippen LogP contribution >= 0.6 is 11.3 Å². The van der Waals surface area contributed by atoms with Crippen LogP contribution in [-0.2, 0) is 0 Å². The molecule has 1 atom stereocenters. The average Bonchev–Trinajstić information content (AvgIpc) is 2.99. The maximum absolute atomic E-state index is 12.2. The number of nitrogens with zero attached hydrogens (tertiary/aromatic N) is 1. The van der Waals surface area contributed by atoms with E-state index in [0.29, 0.717) is 11.7 Å². The summed E-state index contributed by atoms with van der Waals surface area (Å²) in [6, 6.07) is 1.82. The number of aromatic nitrogens is 1. The lowest BCUT2D eigenvalue weighted by atomic mass is 10.2. The molecule has 1 aliphatic carbocycles. The lowest BCUT2D eigenvalue weighted by molar-refractivity contribution is 0.0902. The van der Waals surface area contributed by atoms with Crippen molar-refractivity contribution < 1.29 is 9.21 Å². The van der Waals surface area contributed by atoms with Crippen LogP contribution in [0.1, 0.15) is 44.9 Å².